The topological polar surface area (TPSA) is 42.8 Å². The second kappa shape index (κ2) is 8.64. The molecule has 0 spiro atoms. The number of hydrogen-bond acceptors (Lipinski definition) is 2. The van der Waals surface area contributed by atoms with Crippen LogP contribution in [0.2, 0.25) is 0 Å². The smallest absolute Gasteiger partial charge is 0.408 e. The van der Waals surface area contributed by atoms with E-state index in [9.17, 15) is 4.79 Å². The van der Waals surface area contributed by atoms with E-state index in [0.29, 0.717) is 6.04 Å². The molecule has 0 aromatic rings. The number of quaternary nitrogens is 1. The van der Waals surface area contributed by atoms with Gasteiger partial charge >= 0.3 is 6.09 Å². The standard InChI is InChI=1S/C17H28N2O2.ClH/c1-4-17(5-2,6-3)19-12-15(13-19)21-16(20)18-14-10-8-7-9-11-14;/h1,14-15H,5-13H2,2-3H3,(H,18,20);1H. The quantitative estimate of drug-likeness (QED) is 0.604. The fourth-order valence-electron chi connectivity index (χ4n) is 3.62. The van der Waals surface area contributed by atoms with Gasteiger partial charge in [-0.3, -0.25) is 0 Å². The van der Waals surface area contributed by atoms with Crippen LogP contribution in [0.25, 0.3) is 0 Å². The van der Waals surface area contributed by atoms with Gasteiger partial charge in [-0.25, -0.2) is 4.79 Å². The van der Waals surface area contributed by atoms with Gasteiger partial charge in [0.25, 0.3) is 0 Å². The van der Waals surface area contributed by atoms with Gasteiger partial charge in [-0.15, -0.1) is 6.42 Å². The number of carbonyl (C=O) groups excluding carboxylic acids is 1. The molecule has 2 rings (SSSR count). The number of likely N-dealkylation sites (tertiary alicyclic amines) is 1. The van der Waals surface area contributed by atoms with Crippen molar-refractivity contribution in [2.24, 2.45) is 0 Å². The molecule has 0 radical (unpaired) electrons. The van der Waals surface area contributed by atoms with Crippen molar-refractivity contribution in [3.8, 4) is 12.3 Å². The number of carbonyl (C=O) groups is 1. The molecular formula is C17H29ClN2O2. The van der Waals surface area contributed by atoms with Crippen molar-refractivity contribution >= 4 is 6.09 Å². The Morgan fingerprint density at radius 3 is 2.36 bits per heavy atom. The first-order chi connectivity index (χ1) is 10.1. The van der Waals surface area contributed by atoms with Crippen molar-refractivity contribution in [1.82, 2.24) is 5.32 Å². The minimum absolute atomic E-state index is 0. The lowest BCUT2D eigenvalue weighted by Gasteiger charge is -2.44. The van der Waals surface area contributed by atoms with Gasteiger partial charge < -0.3 is 27.4 Å². The molecule has 0 aromatic carbocycles. The van der Waals surface area contributed by atoms with Gasteiger partial charge in [0.05, 0.1) is 0 Å². The molecule has 2 fully saturated rings. The fraction of sp³-hybridized carbons (Fsp3) is 0.824. The van der Waals surface area contributed by atoms with E-state index in [-0.39, 0.29) is 30.1 Å². The zero-order valence-electron chi connectivity index (χ0n) is 13.8. The molecule has 0 atom stereocenters. The number of hydrogen-bond donors (Lipinski definition) is 2. The predicted octanol–water partition coefficient (Wildman–Crippen LogP) is -1.49. The summed E-state index contributed by atoms with van der Waals surface area (Å²) in [6.07, 6.45) is 13.3. The normalized spacial score (nSPS) is 25.3. The zero-order valence-corrected chi connectivity index (χ0v) is 14.5. The van der Waals surface area contributed by atoms with Gasteiger partial charge in [0.2, 0.25) is 6.10 Å². The monoisotopic (exact) mass is 328 g/mol. The molecule has 4 nitrogen and oxygen atoms in total. The molecule has 1 aliphatic heterocycles. The van der Waals surface area contributed by atoms with Gasteiger partial charge in [0, 0.05) is 18.9 Å². The Hall–Kier alpha value is -0.920. The highest BCUT2D eigenvalue weighted by Gasteiger charge is 2.46. The largest absolute Gasteiger partial charge is 1.00 e. The molecule has 1 amide bonds. The van der Waals surface area contributed by atoms with Crippen molar-refractivity contribution < 1.29 is 26.8 Å². The van der Waals surface area contributed by atoms with Crippen LogP contribution in [-0.2, 0) is 4.74 Å². The summed E-state index contributed by atoms with van der Waals surface area (Å²) in [5.74, 6) is 2.96. The predicted molar refractivity (Wildman–Crippen MR) is 83.1 cm³/mol. The molecule has 1 heterocycles. The van der Waals surface area contributed by atoms with Crippen LogP contribution in [-0.4, -0.2) is 36.9 Å². The second-order valence-corrected chi connectivity index (χ2v) is 6.45. The molecule has 1 saturated carbocycles. The average molecular weight is 329 g/mol. The summed E-state index contributed by atoms with van der Waals surface area (Å²) in [5.41, 5.74) is -0.0836. The number of nitrogens with one attached hydrogen (secondary N) is 2. The maximum Gasteiger partial charge on any atom is 0.408 e. The minimum atomic E-state index is -0.245. The van der Waals surface area contributed by atoms with Crippen molar-refractivity contribution in [1.29, 1.82) is 0 Å². The van der Waals surface area contributed by atoms with Crippen LogP contribution in [0.5, 0.6) is 0 Å². The maximum absolute atomic E-state index is 11.9. The fourth-order valence-corrected chi connectivity index (χ4v) is 3.62. The summed E-state index contributed by atoms with van der Waals surface area (Å²) < 4.78 is 5.51. The highest BCUT2D eigenvalue weighted by molar-refractivity contribution is 5.67. The third-order valence-electron chi connectivity index (χ3n) is 5.31. The van der Waals surface area contributed by atoms with Crippen LogP contribution >= 0.6 is 0 Å². The van der Waals surface area contributed by atoms with Crippen LogP contribution < -0.4 is 22.6 Å². The molecule has 1 aliphatic carbocycles. The molecule has 0 bridgehead atoms. The first kappa shape index (κ1) is 19.1. The number of halogens is 1. The molecule has 126 valence electrons. The highest BCUT2D eigenvalue weighted by atomic mass is 35.5. The van der Waals surface area contributed by atoms with E-state index in [1.165, 1.54) is 24.2 Å². The van der Waals surface area contributed by atoms with E-state index in [1.54, 1.807) is 0 Å². The number of amides is 1. The summed E-state index contributed by atoms with van der Waals surface area (Å²) in [6, 6.07) is 0.311. The Balaban J connectivity index is 0.00000242. The van der Waals surface area contributed by atoms with E-state index >= 15 is 0 Å². The van der Waals surface area contributed by atoms with Gasteiger partial charge in [-0.2, -0.15) is 0 Å². The van der Waals surface area contributed by atoms with E-state index < -0.39 is 0 Å². The minimum Gasteiger partial charge on any atom is -1.00 e. The molecule has 5 heteroatoms. The Morgan fingerprint density at radius 1 is 1.27 bits per heavy atom. The molecule has 1 saturated heterocycles. The van der Waals surface area contributed by atoms with E-state index in [1.807, 2.05) is 0 Å². The van der Waals surface area contributed by atoms with Crippen molar-refractivity contribution in [2.75, 3.05) is 13.1 Å². The molecule has 2 N–H and O–H groups in total. The van der Waals surface area contributed by atoms with Crippen LogP contribution in [0.15, 0.2) is 0 Å². The summed E-state index contributed by atoms with van der Waals surface area (Å²) in [4.78, 5) is 13.3. The maximum atomic E-state index is 11.9. The molecule has 2 aliphatic rings. The Labute approximate surface area is 140 Å². The summed E-state index contributed by atoms with van der Waals surface area (Å²) in [7, 11) is 0. The van der Waals surface area contributed by atoms with Gasteiger partial charge in [-0.05, 0) is 18.8 Å². The first-order valence-corrected chi connectivity index (χ1v) is 8.43. The molecule has 0 aromatic heterocycles. The Bertz CT molecular complexity index is 392. The third-order valence-corrected chi connectivity index (χ3v) is 5.31. The number of ether oxygens (including phenoxy) is 1. The van der Waals surface area contributed by atoms with Crippen molar-refractivity contribution in [3.05, 3.63) is 0 Å². The molecular weight excluding hydrogens is 300 g/mol. The van der Waals surface area contributed by atoms with E-state index in [4.69, 9.17) is 11.2 Å². The highest BCUT2D eigenvalue weighted by Crippen LogP contribution is 2.18. The lowest BCUT2D eigenvalue weighted by Crippen LogP contribution is -3.28. The molecule has 22 heavy (non-hydrogen) atoms. The van der Waals surface area contributed by atoms with Gasteiger partial charge in [0.1, 0.15) is 13.1 Å². The van der Waals surface area contributed by atoms with Crippen molar-refractivity contribution in [2.45, 2.75) is 76.5 Å². The van der Waals surface area contributed by atoms with E-state index in [2.05, 4.69) is 25.1 Å². The lowest BCUT2D eigenvalue weighted by atomic mass is 9.88. The first-order valence-electron chi connectivity index (χ1n) is 8.43. The third kappa shape index (κ3) is 4.30. The van der Waals surface area contributed by atoms with Crippen LogP contribution in [0.1, 0.15) is 58.8 Å². The SMILES string of the molecule is C#CC(CC)(CC)[NH+]1CC(OC(=O)NC2CCCCC2)C1.[Cl-]. The van der Waals surface area contributed by atoms with Crippen LogP contribution in [0.3, 0.4) is 0 Å². The summed E-state index contributed by atoms with van der Waals surface area (Å²) in [6.45, 7) is 5.95. The number of terminal acetylenes is 1. The van der Waals surface area contributed by atoms with Crippen LogP contribution in [0, 0.1) is 12.3 Å². The van der Waals surface area contributed by atoms with Crippen molar-refractivity contribution in [3.63, 3.8) is 0 Å². The molecule has 0 unspecified atom stereocenters. The zero-order chi connectivity index (χ0) is 15.3. The van der Waals surface area contributed by atoms with E-state index in [0.717, 1.165) is 38.8 Å². The number of rotatable bonds is 5. The number of alkyl carbamates (subject to hydrolysis) is 1. The van der Waals surface area contributed by atoms with Gasteiger partial charge in [-0.1, -0.05) is 33.1 Å². The second-order valence-electron chi connectivity index (χ2n) is 6.45. The van der Waals surface area contributed by atoms with Crippen LogP contribution in [0.4, 0.5) is 4.79 Å². The summed E-state index contributed by atoms with van der Waals surface area (Å²) in [5, 5.41) is 3.00. The summed E-state index contributed by atoms with van der Waals surface area (Å²) >= 11 is 0. The lowest BCUT2D eigenvalue weighted by molar-refractivity contribution is -0.988. The Morgan fingerprint density at radius 2 is 1.86 bits per heavy atom. The van der Waals surface area contributed by atoms with Gasteiger partial charge in [0.15, 0.2) is 5.54 Å². The average Bonchev–Trinajstić information content (AvgIpc) is 2.47. The Kier molecular flexibility index (Phi) is 7.52.